The first-order chi connectivity index (χ1) is 7.88. The quantitative estimate of drug-likeness (QED) is 0.781. The smallest absolute Gasteiger partial charge is 0.249 e. The Kier molecular flexibility index (Phi) is 5.40. The molecule has 100 valence electrons. The highest BCUT2D eigenvalue weighted by Crippen LogP contribution is 2.11. The topological polar surface area (TPSA) is 50.4 Å². The minimum atomic E-state index is -0.365. The van der Waals surface area contributed by atoms with Gasteiger partial charge < -0.3 is 15.4 Å². The molecule has 0 radical (unpaired) electrons. The lowest BCUT2D eigenvalue weighted by molar-refractivity contribution is -0.134. The molecule has 0 aromatic carbocycles. The van der Waals surface area contributed by atoms with Gasteiger partial charge in [-0.15, -0.1) is 0 Å². The highest BCUT2D eigenvalue weighted by Gasteiger charge is 2.21. The molecule has 0 saturated carbocycles. The molecule has 1 rings (SSSR count). The highest BCUT2D eigenvalue weighted by atomic mass is 16.5. The molecule has 17 heavy (non-hydrogen) atoms. The maximum atomic E-state index is 11.8. The number of ether oxygens (including phenoxy) is 1. The summed E-state index contributed by atoms with van der Waals surface area (Å²) in [7, 11) is 0. The van der Waals surface area contributed by atoms with Gasteiger partial charge in [0.25, 0.3) is 0 Å². The van der Waals surface area contributed by atoms with E-state index in [1.807, 2.05) is 27.7 Å². The van der Waals surface area contributed by atoms with Crippen molar-refractivity contribution in [2.45, 2.75) is 52.2 Å². The van der Waals surface area contributed by atoms with Gasteiger partial charge in [-0.25, -0.2) is 0 Å². The molecule has 4 nitrogen and oxygen atoms in total. The summed E-state index contributed by atoms with van der Waals surface area (Å²) in [6.07, 6.45) is 2.04. The van der Waals surface area contributed by atoms with E-state index in [0.29, 0.717) is 12.5 Å². The van der Waals surface area contributed by atoms with Crippen molar-refractivity contribution < 1.29 is 9.53 Å². The van der Waals surface area contributed by atoms with E-state index in [2.05, 4.69) is 10.6 Å². The summed E-state index contributed by atoms with van der Waals surface area (Å²) in [6.45, 7) is 10.5. The summed E-state index contributed by atoms with van der Waals surface area (Å²) < 4.78 is 5.64. The van der Waals surface area contributed by atoms with Gasteiger partial charge in [0.1, 0.15) is 6.10 Å². The van der Waals surface area contributed by atoms with E-state index in [1.165, 1.54) is 12.8 Å². The van der Waals surface area contributed by atoms with Gasteiger partial charge in [-0.05, 0) is 53.0 Å². The molecular weight excluding hydrogens is 216 g/mol. The normalized spacial score (nSPS) is 23.2. The first kappa shape index (κ1) is 14.5. The first-order valence-corrected chi connectivity index (χ1v) is 6.53. The minimum absolute atomic E-state index is 0.0266. The number of carbonyl (C=O) groups is 1. The summed E-state index contributed by atoms with van der Waals surface area (Å²) in [6, 6.07) is 0. The molecule has 0 spiro atoms. The van der Waals surface area contributed by atoms with E-state index < -0.39 is 0 Å². The van der Waals surface area contributed by atoms with Crippen molar-refractivity contribution in [1.29, 1.82) is 0 Å². The Morgan fingerprint density at radius 3 is 2.76 bits per heavy atom. The summed E-state index contributed by atoms with van der Waals surface area (Å²) in [5.74, 6) is 0.523. The maximum absolute atomic E-state index is 11.8. The predicted octanol–water partition coefficient (Wildman–Crippen LogP) is 1.31. The average molecular weight is 242 g/mol. The van der Waals surface area contributed by atoms with Crippen molar-refractivity contribution in [3.63, 3.8) is 0 Å². The summed E-state index contributed by atoms with van der Waals surface area (Å²) in [5, 5.41) is 6.27. The van der Waals surface area contributed by atoms with Gasteiger partial charge in [-0.1, -0.05) is 0 Å². The van der Waals surface area contributed by atoms with Crippen LogP contribution < -0.4 is 10.6 Å². The molecule has 4 heteroatoms. The standard InChI is InChI=1S/C13H26N2O2/c1-10(12(16)15-13(2,3)4)17-9-11-6-5-7-14-8-11/h10-11,14H,5-9H2,1-4H3,(H,15,16). The zero-order valence-electron chi connectivity index (χ0n) is 11.5. The monoisotopic (exact) mass is 242 g/mol. The lowest BCUT2D eigenvalue weighted by atomic mass is 10.0. The van der Waals surface area contributed by atoms with Crippen LogP contribution in [0.3, 0.4) is 0 Å². The third-order valence-electron chi connectivity index (χ3n) is 2.85. The van der Waals surface area contributed by atoms with Gasteiger partial charge in [0.15, 0.2) is 0 Å². The zero-order chi connectivity index (χ0) is 12.9. The number of rotatable bonds is 4. The lowest BCUT2D eigenvalue weighted by Gasteiger charge is -2.26. The van der Waals surface area contributed by atoms with E-state index in [4.69, 9.17) is 4.74 Å². The number of carbonyl (C=O) groups excluding carboxylic acids is 1. The van der Waals surface area contributed by atoms with Crippen molar-refractivity contribution in [2.75, 3.05) is 19.7 Å². The van der Waals surface area contributed by atoms with E-state index in [1.54, 1.807) is 0 Å². The second-order valence-corrected chi connectivity index (χ2v) is 5.93. The van der Waals surface area contributed by atoms with E-state index >= 15 is 0 Å². The Balaban J connectivity index is 2.23. The molecule has 2 atom stereocenters. The third-order valence-corrected chi connectivity index (χ3v) is 2.85. The van der Waals surface area contributed by atoms with Crippen LogP contribution in [0.1, 0.15) is 40.5 Å². The molecule has 0 aromatic heterocycles. The average Bonchev–Trinajstić information content (AvgIpc) is 2.25. The van der Waals surface area contributed by atoms with E-state index in [-0.39, 0.29) is 17.6 Å². The van der Waals surface area contributed by atoms with Crippen LogP contribution in [-0.4, -0.2) is 37.2 Å². The maximum Gasteiger partial charge on any atom is 0.249 e. The van der Waals surface area contributed by atoms with Crippen LogP contribution in [0.2, 0.25) is 0 Å². The van der Waals surface area contributed by atoms with E-state index in [0.717, 1.165) is 13.1 Å². The van der Waals surface area contributed by atoms with Crippen LogP contribution in [0.4, 0.5) is 0 Å². The number of hydrogen-bond acceptors (Lipinski definition) is 3. The van der Waals surface area contributed by atoms with Crippen LogP contribution in [0, 0.1) is 5.92 Å². The van der Waals surface area contributed by atoms with Crippen LogP contribution >= 0.6 is 0 Å². The Morgan fingerprint density at radius 2 is 2.24 bits per heavy atom. The fourth-order valence-electron chi connectivity index (χ4n) is 1.89. The van der Waals surface area contributed by atoms with Crippen LogP contribution in [-0.2, 0) is 9.53 Å². The minimum Gasteiger partial charge on any atom is -0.368 e. The van der Waals surface area contributed by atoms with Gasteiger partial charge in [0, 0.05) is 12.1 Å². The molecule has 0 aliphatic carbocycles. The molecule has 1 aliphatic heterocycles. The second kappa shape index (κ2) is 6.36. The lowest BCUT2D eigenvalue weighted by Crippen LogP contribution is -2.46. The number of nitrogens with one attached hydrogen (secondary N) is 2. The van der Waals surface area contributed by atoms with Crippen molar-refractivity contribution >= 4 is 5.91 Å². The van der Waals surface area contributed by atoms with Gasteiger partial charge in [-0.3, -0.25) is 4.79 Å². The predicted molar refractivity (Wildman–Crippen MR) is 68.9 cm³/mol. The van der Waals surface area contributed by atoms with Gasteiger partial charge in [-0.2, -0.15) is 0 Å². The Bertz CT molecular complexity index is 242. The van der Waals surface area contributed by atoms with Gasteiger partial charge in [0.2, 0.25) is 5.91 Å². The Labute approximate surface area is 104 Å². The Morgan fingerprint density at radius 1 is 1.53 bits per heavy atom. The number of hydrogen-bond donors (Lipinski definition) is 2. The molecule has 1 fully saturated rings. The van der Waals surface area contributed by atoms with Gasteiger partial charge in [0.05, 0.1) is 6.61 Å². The van der Waals surface area contributed by atoms with Crippen molar-refractivity contribution in [2.24, 2.45) is 5.92 Å². The third kappa shape index (κ3) is 6.03. The first-order valence-electron chi connectivity index (χ1n) is 6.53. The van der Waals surface area contributed by atoms with Crippen LogP contribution in [0.5, 0.6) is 0 Å². The molecule has 2 N–H and O–H groups in total. The molecule has 0 bridgehead atoms. The molecular formula is C13H26N2O2. The van der Waals surface area contributed by atoms with Crippen molar-refractivity contribution in [1.82, 2.24) is 10.6 Å². The molecule has 1 aliphatic rings. The summed E-state index contributed by atoms with van der Waals surface area (Å²) in [5.41, 5.74) is -0.193. The summed E-state index contributed by atoms with van der Waals surface area (Å²) in [4.78, 5) is 11.8. The van der Waals surface area contributed by atoms with Crippen molar-refractivity contribution in [3.05, 3.63) is 0 Å². The van der Waals surface area contributed by atoms with Crippen molar-refractivity contribution in [3.8, 4) is 0 Å². The zero-order valence-corrected chi connectivity index (χ0v) is 11.5. The second-order valence-electron chi connectivity index (χ2n) is 5.93. The number of piperidine rings is 1. The van der Waals surface area contributed by atoms with Crippen LogP contribution in [0.15, 0.2) is 0 Å². The van der Waals surface area contributed by atoms with E-state index in [9.17, 15) is 4.79 Å². The van der Waals surface area contributed by atoms with Crippen LogP contribution in [0.25, 0.3) is 0 Å². The molecule has 1 heterocycles. The Hall–Kier alpha value is -0.610. The SMILES string of the molecule is CC(OCC1CCCNC1)C(=O)NC(C)(C)C. The molecule has 1 saturated heterocycles. The molecule has 1 amide bonds. The number of amides is 1. The highest BCUT2D eigenvalue weighted by molar-refractivity contribution is 5.80. The fraction of sp³-hybridized carbons (Fsp3) is 0.923. The fourth-order valence-corrected chi connectivity index (χ4v) is 1.89. The summed E-state index contributed by atoms with van der Waals surface area (Å²) >= 11 is 0. The van der Waals surface area contributed by atoms with Gasteiger partial charge >= 0.3 is 0 Å². The molecule has 0 aromatic rings. The largest absolute Gasteiger partial charge is 0.368 e. The molecule has 2 unspecified atom stereocenters.